The molecule has 2 amide bonds. The van der Waals surface area contributed by atoms with Crippen LogP contribution in [0.3, 0.4) is 0 Å². The molecule has 7 nitrogen and oxygen atoms in total. The van der Waals surface area contributed by atoms with Crippen molar-refractivity contribution in [3.05, 3.63) is 70.7 Å². The first-order chi connectivity index (χ1) is 15.7. The van der Waals surface area contributed by atoms with E-state index in [9.17, 15) is 9.59 Å². The summed E-state index contributed by atoms with van der Waals surface area (Å²) in [7, 11) is 0. The Labute approximate surface area is 191 Å². The van der Waals surface area contributed by atoms with Gasteiger partial charge in [0.2, 0.25) is 5.91 Å². The van der Waals surface area contributed by atoms with Crippen molar-refractivity contribution < 1.29 is 9.59 Å². The number of benzene rings is 1. The van der Waals surface area contributed by atoms with Gasteiger partial charge in [0.05, 0.1) is 29.6 Å². The molecule has 0 unspecified atom stereocenters. The summed E-state index contributed by atoms with van der Waals surface area (Å²) in [6, 6.07) is 12.0. The van der Waals surface area contributed by atoms with E-state index in [1.807, 2.05) is 39.9 Å². The molecule has 2 aliphatic rings. The van der Waals surface area contributed by atoms with E-state index in [0.717, 1.165) is 42.9 Å². The predicted octanol–water partition coefficient (Wildman–Crippen LogP) is 3.63. The van der Waals surface area contributed by atoms with E-state index >= 15 is 0 Å². The minimum absolute atomic E-state index is 0.0204. The first-order valence-corrected chi connectivity index (χ1v) is 11.9. The summed E-state index contributed by atoms with van der Waals surface area (Å²) in [5.41, 5.74) is 3.88. The Kier molecular flexibility index (Phi) is 5.85. The highest BCUT2D eigenvalue weighted by atomic mass is 32.1. The number of piperidine rings is 1. The second kappa shape index (κ2) is 9.08. The molecule has 4 heterocycles. The van der Waals surface area contributed by atoms with Gasteiger partial charge in [0.15, 0.2) is 0 Å². The molecule has 0 radical (unpaired) electrons. The second-order valence-electron chi connectivity index (χ2n) is 8.39. The lowest BCUT2D eigenvalue weighted by molar-refractivity contribution is -0.120. The number of carbonyl (C=O) groups excluding carboxylic acids is 2. The van der Waals surface area contributed by atoms with Gasteiger partial charge in [-0.25, -0.2) is 0 Å². The van der Waals surface area contributed by atoms with Crippen molar-refractivity contribution in [3.8, 4) is 0 Å². The van der Waals surface area contributed by atoms with Crippen LogP contribution in [0.1, 0.15) is 34.7 Å². The molecule has 32 heavy (non-hydrogen) atoms. The Morgan fingerprint density at radius 3 is 2.44 bits per heavy atom. The van der Waals surface area contributed by atoms with E-state index in [1.165, 1.54) is 5.56 Å². The molecule has 0 aliphatic carbocycles. The highest BCUT2D eigenvalue weighted by molar-refractivity contribution is 7.08. The van der Waals surface area contributed by atoms with Crippen LogP contribution in [0.15, 0.2) is 59.6 Å². The predicted molar refractivity (Wildman–Crippen MR) is 125 cm³/mol. The van der Waals surface area contributed by atoms with Crippen LogP contribution in [0.2, 0.25) is 0 Å². The molecule has 8 heteroatoms. The van der Waals surface area contributed by atoms with Gasteiger partial charge in [-0.3, -0.25) is 9.59 Å². The second-order valence-corrected chi connectivity index (χ2v) is 9.17. The van der Waals surface area contributed by atoms with Crippen LogP contribution in [-0.2, 0) is 4.79 Å². The number of amides is 2. The smallest absolute Gasteiger partial charge is 0.254 e. The zero-order valence-corrected chi connectivity index (χ0v) is 18.5. The molecule has 164 valence electrons. The number of thiophene rings is 1. The zero-order chi connectivity index (χ0) is 21.9. The Bertz CT molecular complexity index is 1060. The summed E-state index contributed by atoms with van der Waals surface area (Å²) in [6.45, 7) is 2.95. The van der Waals surface area contributed by atoms with Gasteiger partial charge in [0, 0.05) is 37.2 Å². The largest absolute Gasteiger partial charge is 0.368 e. The number of carbonyl (C=O) groups is 2. The lowest BCUT2D eigenvalue weighted by Crippen LogP contribution is -2.52. The van der Waals surface area contributed by atoms with Crippen LogP contribution in [0.5, 0.6) is 0 Å². The maximum atomic E-state index is 12.6. The lowest BCUT2D eigenvalue weighted by atomic mass is 9.89. The number of anilines is 2. The number of hydrogen-bond donors (Lipinski definition) is 1. The van der Waals surface area contributed by atoms with E-state index < -0.39 is 0 Å². The summed E-state index contributed by atoms with van der Waals surface area (Å²) in [5, 5.41) is 14.6. The maximum absolute atomic E-state index is 12.6. The van der Waals surface area contributed by atoms with Gasteiger partial charge in [-0.1, -0.05) is 12.1 Å². The fourth-order valence-electron chi connectivity index (χ4n) is 4.39. The van der Waals surface area contributed by atoms with Crippen molar-refractivity contribution in [2.45, 2.75) is 18.8 Å². The molecule has 0 atom stereocenters. The van der Waals surface area contributed by atoms with Gasteiger partial charge in [-0.15, -0.1) is 0 Å². The number of nitrogens with one attached hydrogen (secondary N) is 1. The molecule has 2 aliphatic heterocycles. The topological polar surface area (TPSA) is 78.4 Å². The monoisotopic (exact) mass is 447 g/mol. The van der Waals surface area contributed by atoms with Crippen molar-refractivity contribution in [1.82, 2.24) is 15.1 Å². The summed E-state index contributed by atoms with van der Waals surface area (Å²) in [6.07, 6.45) is 5.30. The summed E-state index contributed by atoms with van der Waals surface area (Å²) in [4.78, 5) is 29.2. The van der Waals surface area contributed by atoms with Crippen molar-refractivity contribution >= 4 is 34.5 Å². The van der Waals surface area contributed by atoms with Gasteiger partial charge in [0.25, 0.3) is 5.91 Å². The van der Waals surface area contributed by atoms with Gasteiger partial charge in [-0.05, 0) is 54.0 Å². The van der Waals surface area contributed by atoms with Crippen molar-refractivity contribution in [2.75, 3.05) is 36.4 Å². The van der Waals surface area contributed by atoms with E-state index in [4.69, 9.17) is 0 Å². The number of likely N-dealkylation sites (tertiary alicyclic amines) is 1. The van der Waals surface area contributed by atoms with E-state index in [2.05, 4.69) is 32.5 Å². The quantitative estimate of drug-likeness (QED) is 0.646. The molecule has 5 rings (SSSR count). The third kappa shape index (κ3) is 4.36. The fourth-order valence-corrected chi connectivity index (χ4v) is 5.02. The normalized spacial score (nSPS) is 17.1. The van der Waals surface area contributed by atoms with Crippen LogP contribution >= 0.6 is 11.3 Å². The van der Waals surface area contributed by atoms with Gasteiger partial charge < -0.3 is 15.1 Å². The summed E-state index contributed by atoms with van der Waals surface area (Å²) >= 11 is 1.56. The Morgan fingerprint density at radius 1 is 1.00 bits per heavy atom. The molecule has 3 aromatic rings. The van der Waals surface area contributed by atoms with E-state index in [1.54, 1.807) is 23.7 Å². The number of aromatic nitrogens is 2. The minimum Gasteiger partial charge on any atom is -0.368 e. The van der Waals surface area contributed by atoms with Crippen molar-refractivity contribution in [1.29, 1.82) is 0 Å². The molecule has 2 saturated heterocycles. The third-order valence-electron chi connectivity index (χ3n) is 6.39. The summed E-state index contributed by atoms with van der Waals surface area (Å²) in [5.74, 6) is 0.613. The van der Waals surface area contributed by atoms with Gasteiger partial charge in [0.1, 0.15) is 0 Å². The van der Waals surface area contributed by atoms with Crippen LogP contribution in [0.25, 0.3) is 0 Å². The first-order valence-electron chi connectivity index (χ1n) is 10.9. The third-order valence-corrected chi connectivity index (χ3v) is 7.07. The van der Waals surface area contributed by atoms with E-state index in [0.29, 0.717) is 19.0 Å². The highest BCUT2D eigenvalue weighted by Crippen LogP contribution is 2.30. The molecule has 2 aromatic heterocycles. The first kappa shape index (κ1) is 20.6. The average Bonchev–Trinajstić information content (AvgIpc) is 3.34. The van der Waals surface area contributed by atoms with Crippen LogP contribution in [0.4, 0.5) is 11.4 Å². The molecule has 0 saturated carbocycles. The highest BCUT2D eigenvalue weighted by Gasteiger charge is 2.33. The molecule has 1 N–H and O–H groups in total. The maximum Gasteiger partial charge on any atom is 0.254 e. The summed E-state index contributed by atoms with van der Waals surface area (Å²) < 4.78 is 0. The number of hydrogen-bond acceptors (Lipinski definition) is 6. The van der Waals surface area contributed by atoms with Crippen LogP contribution < -0.4 is 10.2 Å². The molecule has 1 aromatic carbocycles. The molecular weight excluding hydrogens is 422 g/mol. The van der Waals surface area contributed by atoms with Gasteiger partial charge >= 0.3 is 0 Å². The number of rotatable bonds is 5. The molecule has 2 fully saturated rings. The molecule has 0 spiro atoms. The fraction of sp³-hybridized carbons (Fsp3) is 0.333. The SMILES string of the molecule is O=C(Nc1ccc(C2CCN(C(=O)c3ccsc3)CC2)cc1)C1CN(c2ccnnc2)C1. The zero-order valence-electron chi connectivity index (χ0n) is 17.7. The van der Waals surface area contributed by atoms with Gasteiger partial charge in [-0.2, -0.15) is 21.5 Å². The molecule has 0 bridgehead atoms. The average molecular weight is 448 g/mol. The van der Waals surface area contributed by atoms with Crippen LogP contribution in [-0.4, -0.2) is 53.1 Å². The minimum atomic E-state index is -0.0204. The lowest BCUT2D eigenvalue weighted by Gasteiger charge is -2.39. The van der Waals surface area contributed by atoms with Crippen molar-refractivity contribution in [2.24, 2.45) is 5.92 Å². The molecular formula is C24H25N5O2S. The Balaban J connectivity index is 1.10. The van der Waals surface area contributed by atoms with Crippen molar-refractivity contribution in [3.63, 3.8) is 0 Å². The standard InChI is InChI=1S/C24H25N5O2S/c30-23(20-14-29(15-20)22-5-9-25-26-13-22)27-21-3-1-17(2-4-21)18-6-10-28(11-7-18)24(31)19-8-12-32-16-19/h1-5,8-9,12-13,16,18,20H,6-7,10-11,14-15H2,(H,27,30). The Morgan fingerprint density at radius 2 is 1.78 bits per heavy atom. The Hall–Kier alpha value is -3.26. The van der Waals surface area contributed by atoms with Crippen LogP contribution in [0, 0.1) is 5.92 Å². The number of nitrogens with zero attached hydrogens (tertiary/aromatic N) is 4. The van der Waals surface area contributed by atoms with E-state index in [-0.39, 0.29) is 17.7 Å².